The Morgan fingerprint density at radius 1 is 1.16 bits per heavy atom. The van der Waals surface area contributed by atoms with Crippen molar-refractivity contribution in [2.24, 2.45) is 5.73 Å². The van der Waals surface area contributed by atoms with Crippen LogP contribution in [0.25, 0.3) is 10.9 Å². The van der Waals surface area contributed by atoms with Crippen molar-refractivity contribution in [1.29, 1.82) is 0 Å². The normalized spacial score (nSPS) is 10.7. The Balaban J connectivity index is 2.71. The predicted octanol–water partition coefficient (Wildman–Crippen LogP) is 2.45. The second-order valence-corrected chi connectivity index (χ2v) is 4.51. The molecule has 0 amide bonds. The fourth-order valence-corrected chi connectivity index (χ4v) is 2.33. The smallest absolute Gasteiger partial charge is 0.145 e. The Hall–Kier alpha value is -1.81. The van der Waals surface area contributed by atoms with Crippen LogP contribution in [-0.2, 0) is 6.42 Å². The van der Waals surface area contributed by atoms with Gasteiger partial charge in [0.2, 0.25) is 0 Å². The molecule has 0 fully saturated rings. The Bertz CT molecular complexity index is 582. The zero-order valence-electron chi connectivity index (χ0n) is 11.7. The van der Waals surface area contributed by atoms with Crippen molar-refractivity contribution in [1.82, 2.24) is 4.98 Å². The van der Waals surface area contributed by atoms with Crippen LogP contribution in [0, 0.1) is 6.92 Å². The first-order chi connectivity index (χ1) is 9.21. The molecule has 2 aromatic rings. The maximum absolute atomic E-state index is 5.61. The van der Waals surface area contributed by atoms with Crippen LogP contribution < -0.4 is 15.2 Å². The van der Waals surface area contributed by atoms with Crippen LogP contribution in [0.2, 0.25) is 0 Å². The van der Waals surface area contributed by atoms with E-state index in [0.29, 0.717) is 6.54 Å². The maximum atomic E-state index is 5.61. The summed E-state index contributed by atoms with van der Waals surface area (Å²) in [5, 5.41) is 1.03. The molecule has 0 saturated carbocycles. The summed E-state index contributed by atoms with van der Waals surface area (Å²) < 4.78 is 10.9. The number of ether oxygens (including phenoxy) is 2. The van der Waals surface area contributed by atoms with Crippen molar-refractivity contribution in [2.45, 2.75) is 19.8 Å². The summed E-state index contributed by atoms with van der Waals surface area (Å²) in [7, 11) is 3.33. The van der Waals surface area contributed by atoms with Gasteiger partial charge >= 0.3 is 0 Å². The van der Waals surface area contributed by atoms with Crippen LogP contribution in [0.4, 0.5) is 0 Å². The van der Waals surface area contributed by atoms with Gasteiger partial charge in [-0.1, -0.05) is 0 Å². The fraction of sp³-hybridized carbons (Fsp3) is 0.400. The number of aromatic nitrogens is 1. The molecule has 1 aromatic carbocycles. The number of methoxy groups -OCH3 is 2. The molecule has 0 unspecified atom stereocenters. The molecular formula is C15H20N2O2. The number of hydrogen-bond donors (Lipinski definition) is 1. The number of nitrogens with two attached hydrogens (primary N) is 1. The SMILES string of the molecule is COc1ccc(OC)c2c(CCCN)cc(C)nc12. The van der Waals surface area contributed by atoms with Gasteiger partial charge in [-0.3, -0.25) is 0 Å². The third-order valence-corrected chi connectivity index (χ3v) is 3.19. The van der Waals surface area contributed by atoms with Crippen LogP contribution >= 0.6 is 0 Å². The number of rotatable bonds is 5. The van der Waals surface area contributed by atoms with E-state index >= 15 is 0 Å². The first-order valence-corrected chi connectivity index (χ1v) is 6.42. The lowest BCUT2D eigenvalue weighted by Gasteiger charge is -2.14. The molecule has 0 aliphatic carbocycles. The van der Waals surface area contributed by atoms with Crippen LogP contribution in [0.5, 0.6) is 11.5 Å². The van der Waals surface area contributed by atoms with Crippen LogP contribution in [0.1, 0.15) is 17.7 Å². The summed E-state index contributed by atoms with van der Waals surface area (Å²) in [5.74, 6) is 1.60. The molecule has 0 aliphatic heterocycles. The van der Waals surface area contributed by atoms with E-state index in [1.54, 1.807) is 14.2 Å². The number of aryl methyl sites for hydroxylation is 2. The molecule has 19 heavy (non-hydrogen) atoms. The van der Waals surface area contributed by atoms with Gasteiger partial charge in [0, 0.05) is 11.1 Å². The molecule has 2 N–H and O–H groups in total. The average Bonchev–Trinajstić information content (AvgIpc) is 2.43. The second kappa shape index (κ2) is 5.89. The first kappa shape index (κ1) is 13.6. The van der Waals surface area contributed by atoms with Gasteiger partial charge in [0.05, 0.1) is 14.2 Å². The van der Waals surface area contributed by atoms with E-state index in [1.807, 2.05) is 19.1 Å². The van der Waals surface area contributed by atoms with Crippen LogP contribution in [0.15, 0.2) is 18.2 Å². The summed E-state index contributed by atoms with van der Waals surface area (Å²) in [4.78, 5) is 4.59. The Morgan fingerprint density at radius 3 is 2.47 bits per heavy atom. The number of benzene rings is 1. The monoisotopic (exact) mass is 260 g/mol. The second-order valence-electron chi connectivity index (χ2n) is 4.51. The molecule has 4 nitrogen and oxygen atoms in total. The fourth-order valence-electron chi connectivity index (χ4n) is 2.33. The van der Waals surface area contributed by atoms with Gasteiger partial charge in [-0.15, -0.1) is 0 Å². The number of nitrogens with zero attached hydrogens (tertiary/aromatic N) is 1. The molecule has 0 atom stereocenters. The summed E-state index contributed by atoms with van der Waals surface area (Å²) in [6.45, 7) is 2.67. The van der Waals surface area contributed by atoms with Crippen LogP contribution in [-0.4, -0.2) is 25.7 Å². The van der Waals surface area contributed by atoms with Crippen molar-refractivity contribution in [3.8, 4) is 11.5 Å². The predicted molar refractivity (Wildman–Crippen MR) is 77.0 cm³/mol. The molecule has 4 heteroatoms. The first-order valence-electron chi connectivity index (χ1n) is 6.42. The van der Waals surface area contributed by atoms with Gasteiger partial charge in [-0.05, 0) is 50.1 Å². The third-order valence-electron chi connectivity index (χ3n) is 3.19. The highest BCUT2D eigenvalue weighted by molar-refractivity contribution is 5.93. The van der Waals surface area contributed by atoms with Crippen molar-refractivity contribution < 1.29 is 9.47 Å². The van der Waals surface area contributed by atoms with Gasteiger partial charge in [0.1, 0.15) is 17.0 Å². The van der Waals surface area contributed by atoms with Gasteiger partial charge in [-0.25, -0.2) is 4.98 Å². The molecule has 102 valence electrons. The van der Waals surface area contributed by atoms with Crippen molar-refractivity contribution in [2.75, 3.05) is 20.8 Å². The summed E-state index contributed by atoms with van der Waals surface area (Å²) >= 11 is 0. The lowest BCUT2D eigenvalue weighted by atomic mass is 10.0. The molecule has 1 heterocycles. The highest BCUT2D eigenvalue weighted by atomic mass is 16.5. The van der Waals surface area contributed by atoms with Gasteiger partial charge in [0.15, 0.2) is 0 Å². The van der Waals surface area contributed by atoms with E-state index in [-0.39, 0.29) is 0 Å². The molecule has 0 bridgehead atoms. The third kappa shape index (κ3) is 2.63. The van der Waals surface area contributed by atoms with E-state index < -0.39 is 0 Å². The molecule has 0 saturated heterocycles. The van der Waals surface area contributed by atoms with E-state index in [0.717, 1.165) is 40.9 Å². The highest BCUT2D eigenvalue weighted by Crippen LogP contribution is 2.35. The molecular weight excluding hydrogens is 240 g/mol. The number of fused-ring (bicyclic) bond motifs is 1. The standard InChI is InChI=1S/C15H20N2O2/c1-10-9-11(5-4-8-16)14-12(18-2)6-7-13(19-3)15(14)17-10/h6-7,9H,4-5,8,16H2,1-3H3. The van der Waals surface area contributed by atoms with E-state index in [9.17, 15) is 0 Å². The molecule has 0 spiro atoms. The Morgan fingerprint density at radius 2 is 1.84 bits per heavy atom. The molecule has 2 rings (SSSR count). The van der Waals surface area contributed by atoms with Crippen molar-refractivity contribution >= 4 is 10.9 Å². The highest BCUT2D eigenvalue weighted by Gasteiger charge is 2.13. The van der Waals surface area contributed by atoms with Gasteiger partial charge in [-0.2, -0.15) is 0 Å². The zero-order chi connectivity index (χ0) is 13.8. The van der Waals surface area contributed by atoms with E-state index in [4.69, 9.17) is 15.2 Å². The Labute approximate surface area is 113 Å². The largest absolute Gasteiger partial charge is 0.496 e. The van der Waals surface area contributed by atoms with E-state index in [2.05, 4.69) is 11.1 Å². The summed E-state index contributed by atoms with van der Waals surface area (Å²) in [5.41, 5.74) is 8.66. The van der Waals surface area contributed by atoms with Gasteiger partial charge < -0.3 is 15.2 Å². The zero-order valence-corrected chi connectivity index (χ0v) is 11.7. The van der Waals surface area contributed by atoms with Gasteiger partial charge in [0.25, 0.3) is 0 Å². The average molecular weight is 260 g/mol. The number of pyridine rings is 1. The quantitative estimate of drug-likeness (QED) is 0.897. The van der Waals surface area contributed by atoms with Crippen molar-refractivity contribution in [3.63, 3.8) is 0 Å². The lowest BCUT2D eigenvalue weighted by Crippen LogP contribution is -2.03. The molecule has 0 radical (unpaired) electrons. The maximum Gasteiger partial charge on any atom is 0.145 e. The Kier molecular flexibility index (Phi) is 4.22. The van der Waals surface area contributed by atoms with Crippen LogP contribution in [0.3, 0.4) is 0 Å². The molecule has 0 aliphatic rings. The topological polar surface area (TPSA) is 57.4 Å². The summed E-state index contributed by atoms with van der Waals surface area (Å²) in [6.07, 6.45) is 1.86. The van der Waals surface area contributed by atoms with E-state index in [1.165, 1.54) is 5.56 Å². The minimum atomic E-state index is 0.676. The number of hydrogen-bond acceptors (Lipinski definition) is 4. The molecule has 1 aromatic heterocycles. The van der Waals surface area contributed by atoms with Crippen molar-refractivity contribution in [3.05, 3.63) is 29.5 Å². The minimum absolute atomic E-state index is 0.676. The minimum Gasteiger partial charge on any atom is -0.496 e. The lowest BCUT2D eigenvalue weighted by molar-refractivity contribution is 0.409. The summed E-state index contributed by atoms with van der Waals surface area (Å²) in [6, 6.07) is 5.91.